The quantitative estimate of drug-likeness (QED) is 0.537. The van der Waals surface area contributed by atoms with Gasteiger partial charge in [0.1, 0.15) is 0 Å². The van der Waals surface area contributed by atoms with Crippen molar-refractivity contribution in [1.29, 1.82) is 0 Å². The maximum Gasteiger partial charge on any atom is 1.00 e. The van der Waals surface area contributed by atoms with Gasteiger partial charge in [0.15, 0.2) is 0 Å². The van der Waals surface area contributed by atoms with Crippen molar-refractivity contribution in [3.63, 3.8) is 0 Å². The van der Waals surface area contributed by atoms with E-state index in [9.17, 15) is 4.79 Å². The first-order valence-corrected chi connectivity index (χ1v) is 4.66. The topological polar surface area (TPSA) is 49.3 Å². The number of hydrogen-bond acceptors (Lipinski definition) is 2. The normalized spacial score (nSPS) is 19.5. The predicted molar refractivity (Wildman–Crippen MR) is 48.2 cm³/mol. The maximum atomic E-state index is 10.3. The molecule has 0 bridgehead atoms. The molecule has 2 N–H and O–H groups in total. The van der Waals surface area contributed by atoms with E-state index in [0.29, 0.717) is 6.04 Å². The van der Waals surface area contributed by atoms with E-state index >= 15 is 0 Å². The summed E-state index contributed by atoms with van der Waals surface area (Å²) in [5.41, 5.74) is 0. The first-order chi connectivity index (χ1) is 5.68. The van der Waals surface area contributed by atoms with Crippen molar-refractivity contribution in [3.8, 4) is 0 Å². The molecule has 1 unspecified atom stereocenters. The fourth-order valence-corrected chi connectivity index (χ4v) is 1.82. The molecular formula is C9H18NNaO2. The van der Waals surface area contributed by atoms with Crippen molar-refractivity contribution >= 4 is 5.97 Å². The van der Waals surface area contributed by atoms with E-state index in [1.807, 2.05) is 6.92 Å². The molecule has 0 amide bonds. The zero-order chi connectivity index (χ0) is 8.97. The Labute approximate surface area is 103 Å². The Morgan fingerprint density at radius 2 is 2.15 bits per heavy atom. The molecule has 0 radical (unpaired) electrons. The number of carbonyl (C=O) groups is 1. The third kappa shape index (κ3) is 5.68. The summed E-state index contributed by atoms with van der Waals surface area (Å²) in [6.45, 7) is 1.94. The minimum absolute atomic E-state index is 0. The van der Waals surface area contributed by atoms with E-state index in [1.54, 1.807) is 0 Å². The summed E-state index contributed by atoms with van der Waals surface area (Å²) in [5.74, 6) is -0.715. The molecule has 0 aliphatic heterocycles. The van der Waals surface area contributed by atoms with Gasteiger partial charge in [-0.05, 0) is 19.8 Å². The van der Waals surface area contributed by atoms with Crippen LogP contribution in [0.2, 0.25) is 0 Å². The Bertz CT molecular complexity index is 163. The Morgan fingerprint density at radius 3 is 2.62 bits per heavy atom. The van der Waals surface area contributed by atoms with Gasteiger partial charge in [-0.15, -0.1) is 0 Å². The Balaban J connectivity index is 0. The molecule has 1 saturated carbocycles. The Morgan fingerprint density at radius 1 is 1.62 bits per heavy atom. The standard InChI is InChI=1S/C9H17NO2.Na.H/c1-7(6-9(11)12)10-8-4-2-3-5-8;;/h7-8,10H,2-6H2,1H3,(H,11,12);;/q;+1;-1. The van der Waals surface area contributed by atoms with Crippen molar-refractivity contribution in [1.82, 2.24) is 5.32 Å². The summed E-state index contributed by atoms with van der Waals surface area (Å²) in [7, 11) is 0. The molecule has 3 nitrogen and oxygen atoms in total. The molecule has 0 aromatic heterocycles. The van der Waals surface area contributed by atoms with Crippen LogP contribution in [0.25, 0.3) is 0 Å². The smallest absolute Gasteiger partial charge is 1.00 e. The summed E-state index contributed by atoms with van der Waals surface area (Å²) in [6.07, 6.45) is 5.24. The van der Waals surface area contributed by atoms with Gasteiger partial charge < -0.3 is 11.8 Å². The maximum absolute atomic E-state index is 10.3. The molecule has 0 aromatic carbocycles. The second-order valence-corrected chi connectivity index (χ2v) is 3.65. The number of nitrogens with one attached hydrogen (secondary N) is 1. The van der Waals surface area contributed by atoms with Crippen molar-refractivity contribution < 1.29 is 40.9 Å². The van der Waals surface area contributed by atoms with Crippen LogP contribution in [0.1, 0.15) is 40.5 Å². The van der Waals surface area contributed by atoms with Gasteiger partial charge in [0, 0.05) is 12.1 Å². The average molecular weight is 195 g/mol. The van der Waals surface area contributed by atoms with Crippen LogP contribution in [0, 0.1) is 0 Å². The van der Waals surface area contributed by atoms with Gasteiger partial charge in [-0.25, -0.2) is 0 Å². The molecule has 0 aromatic rings. The third-order valence-corrected chi connectivity index (χ3v) is 2.36. The molecular weight excluding hydrogens is 177 g/mol. The van der Waals surface area contributed by atoms with Crippen molar-refractivity contribution in [2.24, 2.45) is 0 Å². The first-order valence-electron chi connectivity index (χ1n) is 4.66. The van der Waals surface area contributed by atoms with Gasteiger partial charge in [0.25, 0.3) is 0 Å². The summed E-state index contributed by atoms with van der Waals surface area (Å²) < 4.78 is 0. The number of rotatable bonds is 4. The molecule has 1 atom stereocenters. The van der Waals surface area contributed by atoms with E-state index < -0.39 is 5.97 Å². The van der Waals surface area contributed by atoms with Crippen molar-refractivity contribution in [3.05, 3.63) is 0 Å². The average Bonchev–Trinajstić information content (AvgIpc) is 2.37. The van der Waals surface area contributed by atoms with Gasteiger partial charge in [0.2, 0.25) is 0 Å². The number of carboxylic acids is 1. The first kappa shape index (κ1) is 13.4. The van der Waals surface area contributed by atoms with Crippen LogP contribution in [-0.2, 0) is 4.79 Å². The third-order valence-electron chi connectivity index (χ3n) is 2.36. The van der Waals surface area contributed by atoms with Crippen LogP contribution in [-0.4, -0.2) is 23.2 Å². The SMILES string of the molecule is CC(CC(=O)O)NC1CCCC1.[H-].[Na+]. The zero-order valence-electron chi connectivity index (χ0n) is 9.55. The van der Waals surface area contributed by atoms with Crippen LogP contribution >= 0.6 is 0 Å². The van der Waals surface area contributed by atoms with Gasteiger partial charge in [0.05, 0.1) is 6.42 Å². The van der Waals surface area contributed by atoms with E-state index in [-0.39, 0.29) is 43.4 Å². The van der Waals surface area contributed by atoms with Crippen molar-refractivity contribution in [2.75, 3.05) is 0 Å². The van der Waals surface area contributed by atoms with E-state index in [4.69, 9.17) is 5.11 Å². The van der Waals surface area contributed by atoms with E-state index in [2.05, 4.69) is 5.32 Å². The molecule has 13 heavy (non-hydrogen) atoms. The van der Waals surface area contributed by atoms with Gasteiger partial charge in [-0.3, -0.25) is 4.79 Å². The van der Waals surface area contributed by atoms with Crippen LogP contribution in [0.4, 0.5) is 0 Å². The summed E-state index contributed by atoms with van der Waals surface area (Å²) in [4.78, 5) is 10.3. The zero-order valence-corrected chi connectivity index (χ0v) is 10.5. The van der Waals surface area contributed by atoms with Crippen molar-refractivity contribution in [2.45, 2.75) is 51.1 Å². The molecule has 0 saturated heterocycles. The predicted octanol–water partition coefficient (Wildman–Crippen LogP) is -1.50. The number of carboxylic acid groups (broad SMARTS) is 1. The molecule has 4 heteroatoms. The van der Waals surface area contributed by atoms with Gasteiger partial charge in [-0.2, -0.15) is 0 Å². The molecule has 0 spiro atoms. The van der Waals surface area contributed by atoms with E-state index in [0.717, 1.165) is 0 Å². The molecule has 72 valence electrons. The van der Waals surface area contributed by atoms with Gasteiger partial charge in [-0.1, -0.05) is 12.8 Å². The minimum atomic E-state index is -0.715. The Hall–Kier alpha value is 0.430. The molecule has 1 aliphatic rings. The second-order valence-electron chi connectivity index (χ2n) is 3.65. The summed E-state index contributed by atoms with van der Waals surface area (Å²) in [5, 5.41) is 11.8. The fourth-order valence-electron chi connectivity index (χ4n) is 1.82. The molecule has 1 aliphatic carbocycles. The summed E-state index contributed by atoms with van der Waals surface area (Å²) >= 11 is 0. The van der Waals surface area contributed by atoms with Crippen LogP contribution < -0.4 is 34.9 Å². The number of aliphatic carboxylic acids is 1. The second kappa shape index (κ2) is 6.82. The monoisotopic (exact) mass is 195 g/mol. The minimum Gasteiger partial charge on any atom is -1.00 e. The molecule has 1 fully saturated rings. The van der Waals surface area contributed by atoms with Gasteiger partial charge >= 0.3 is 35.5 Å². The fraction of sp³-hybridized carbons (Fsp3) is 0.889. The Kier molecular flexibility index (Phi) is 7.05. The summed E-state index contributed by atoms with van der Waals surface area (Å²) in [6, 6.07) is 0.685. The number of hydrogen-bond donors (Lipinski definition) is 2. The van der Waals surface area contributed by atoms with E-state index in [1.165, 1.54) is 25.7 Å². The van der Waals surface area contributed by atoms with Crippen LogP contribution in [0.3, 0.4) is 0 Å². The van der Waals surface area contributed by atoms with Crippen LogP contribution in [0.5, 0.6) is 0 Å². The van der Waals surface area contributed by atoms with Crippen LogP contribution in [0.15, 0.2) is 0 Å². The largest absolute Gasteiger partial charge is 1.00 e. The molecule has 0 heterocycles. The molecule has 1 rings (SSSR count).